The summed E-state index contributed by atoms with van der Waals surface area (Å²) in [6.45, 7) is 4.02. The topological polar surface area (TPSA) is 90.1 Å². The molecule has 2 aromatic carbocycles. The van der Waals surface area contributed by atoms with Gasteiger partial charge < -0.3 is 10.6 Å². The molecule has 1 aromatic heterocycles. The van der Waals surface area contributed by atoms with Crippen LogP contribution < -0.4 is 10.6 Å². The lowest BCUT2D eigenvalue weighted by Gasteiger charge is -2.32. The number of piperidine rings is 1. The Labute approximate surface area is 181 Å². The third kappa shape index (κ3) is 5.58. The summed E-state index contributed by atoms with van der Waals surface area (Å²) in [6.07, 6.45) is 3.62. The van der Waals surface area contributed by atoms with Crippen molar-refractivity contribution in [3.8, 4) is 11.3 Å². The van der Waals surface area contributed by atoms with E-state index in [0.717, 1.165) is 55.1 Å². The van der Waals surface area contributed by atoms with Crippen LogP contribution in [-0.2, 0) is 16.1 Å². The molecule has 0 bridgehead atoms. The molecular formula is C24H27N5O2. The molecule has 3 aromatic rings. The molecule has 7 heteroatoms. The Morgan fingerprint density at radius 3 is 2.42 bits per heavy atom. The van der Waals surface area contributed by atoms with Crippen molar-refractivity contribution in [3.63, 3.8) is 0 Å². The SMILES string of the molecule is CC(=O)Nc1ccc(CN2CCCC(C(=O)Nc3ccc(-c4ccn[nH]4)cc3)C2)cc1. The molecule has 0 saturated carbocycles. The summed E-state index contributed by atoms with van der Waals surface area (Å²) in [5.74, 6) is -0.0340. The van der Waals surface area contributed by atoms with Crippen LogP contribution in [0.1, 0.15) is 25.3 Å². The second kappa shape index (κ2) is 9.57. The van der Waals surface area contributed by atoms with E-state index in [-0.39, 0.29) is 17.7 Å². The van der Waals surface area contributed by atoms with Gasteiger partial charge in [-0.1, -0.05) is 24.3 Å². The molecule has 0 radical (unpaired) electrons. The highest BCUT2D eigenvalue weighted by Crippen LogP contribution is 2.23. The Bertz CT molecular complexity index is 1010. The maximum atomic E-state index is 12.8. The minimum atomic E-state index is -0.0754. The Hall–Kier alpha value is -3.45. The van der Waals surface area contributed by atoms with Gasteiger partial charge in [-0.2, -0.15) is 5.10 Å². The first-order valence-electron chi connectivity index (χ1n) is 10.6. The Balaban J connectivity index is 1.31. The van der Waals surface area contributed by atoms with Crippen LogP contribution in [-0.4, -0.2) is 40.0 Å². The molecule has 2 heterocycles. The zero-order chi connectivity index (χ0) is 21.6. The third-order valence-corrected chi connectivity index (χ3v) is 5.52. The molecule has 31 heavy (non-hydrogen) atoms. The van der Waals surface area contributed by atoms with Gasteiger partial charge in [0.1, 0.15) is 0 Å². The number of nitrogens with zero attached hydrogens (tertiary/aromatic N) is 2. The highest BCUT2D eigenvalue weighted by atomic mass is 16.2. The number of aromatic nitrogens is 2. The summed E-state index contributed by atoms with van der Waals surface area (Å²) in [7, 11) is 0. The van der Waals surface area contributed by atoms with Gasteiger partial charge in [0.15, 0.2) is 0 Å². The fourth-order valence-electron chi connectivity index (χ4n) is 3.96. The Kier molecular flexibility index (Phi) is 6.43. The van der Waals surface area contributed by atoms with E-state index in [1.807, 2.05) is 54.6 Å². The highest BCUT2D eigenvalue weighted by molar-refractivity contribution is 5.93. The molecule has 1 atom stereocenters. The Morgan fingerprint density at radius 2 is 1.74 bits per heavy atom. The number of hydrogen-bond donors (Lipinski definition) is 3. The number of benzene rings is 2. The van der Waals surface area contributed by atoms with Gasteiger partial charge in [0.2, 0.25) is 11.8 Å². The average molecular weight is 418 g/mol. The minimum absolute atomic E-state index is 0.0281. The first kappa shape index (κ1) is 20.8. The number of hydrogen-bond acceptors (Lipinski definition) is 4. The molecule has 1 saturated heterocycles. The molecule has 160 valence electrons. The van der Waals surface area contributed by atoms with Gasteiger partial charge in [-0.15, -0.1) is 0 Å². The van der Waals surface area contributed by atoms with E-state index in [1.54, 1.807) is 6.20 Å². The number of nitrogens with one attached hydrogen (secondary N) is 3. The number of likely N-dealkylation sites (tertiary alicyclic amines) is 1. The van der Waals surface area contributed by atoms with E-state index < -0.39 is 0 Å². The summed E-state index contributed by atoms with van der Waals surface area (Å²) in [5, 5.41) is 12.8. The van der Waals surface area contributed by atoms with Gasteiger partial charge in [-0.3, -0.25) is 19.6 Å². The Morgan fingerprint density at radius 1 is 1.03 bits per heavy atom. The van der Waals surface area contributed by atoms with E-state index in [9.17, 15) is 9.59 Å². The summed E-state index contributed by atoms with van der Waals surface area (Å²) in [5.41, 5.74) is 4.75. The minimum Gasteiger partial charge on any atom is -0.326 e. The van der Waals surface area contributed by atoms with Gasteiger partial charge in [-0.25, -0.2) is 0 Å². The molecule has 4 rings (SSSR count). The molecular weight excluding hydrogens is 390 g/mol. The number of rotatable bonds is 6. The molecule has 7 nitrogen and oxygen atoms in total. The van der Waals surface area contributed by atoms with Crippen molar-refractivity contribution in [3.05, 3.63) is 66.4 Å². The van der Waals surface area contributed by atoms with Crippen molar-refractivity contribution in [2.24, 2.45) is 5.92 Å². The summed E-state index contributed by atoms with van der Waals surface area (Å²) < 4.78 is 0. The van der Waals surface area contributed by atoms with E-state index >= 15 is 0 Å². The molecule has 1 aliphatic rings. The fourth-order valence-corrected chi connectivity index (χ4v) is 3.96. The lowest BCUT2D eigenvalue weighted by Crippen LogP contribution is -2.40. The number of aromatic amines is 1. The predicted octanol–water partition coefficient (Wildman–Crippen LogP) is 3.89. The quantitative estimate of drug-likeness (QED) is 0.568. The van der Waals surface area contributed by atoms with Crippen LogP contribution >= 0.6 is 0 Å². The summed E-state index contributed by atoms with van der Waals surface area (Å²) in [6, 6.07) is 17.6. The molecule has 0 aliphatic carbocycles. The number of amides is 2. The van der Waals surface area contributed by atoms with Crippen LogP contribution in [0.2, 0.25) is 0 Å². The average Bonchev–Trinajstić information content (AvgIpc) is 3.30. The molecule has 3 N–H and O–H groups in total. The van der Waals surface area contributed by atoms with Crippen LogP contribution in [0.15, 0.2) is 60.8 Å². The second-order valence-corrected chi connectivity index (χ2v) is 7.99. The second-order valence-electron chi connectivity index (χ2n) is 7.99. The van der Waals surface area contributed by atoms with E-state index in [4.69, 9.17) is 0 Å². The third-order valence-electron chi connectivity index (χ3n) is 5.52. The lowest BCUT2D eigenvalue weighted by atomic mass is 9.96. The van der Waals surface area contributed by atoms with E-state index in [1.165, 1.54) is 12.5 Å². The standard InChI is InChI=1S/C24H27N5O2/c1-17(30)26-21-8-4-18(5-9-21)15-29-14-2-3-20(16-29)24(31)27-22-10-6-19(7-11-22)23-12-13-25-28-23/h4-13,20H,2-3,14-16H2,1H3,(H,25,28)(H,26,30)(H,27,31). The summed E-state index contributed by atoms with van der Waals surface area (Å²) >= 11 is 0. The van der Waals surface area contributed by atoms with Crippen LogP contribution in [0.4, 0.5) is 11.4 Å². The lowest BCUT2D eigenvalue weighted by molar-refractivity contribution is -0.121. The van der Waals surface area contributed by atoms with Crippen molar-refractivity contribution in [2.75, 3.05) is 23.7 Å². The van der Waals surface area contributed by atoms with Gasteiger partial charge in [-0.05, 0) is 60.8 Å². The largest absolute Gasteiger partial charge is 0.326 e. The van der Waals surface area contributed by atoms with E-state index in [2.05, 4.69) is 25.7 Å². The van der Waals surface area contributed by atoms with Gasteiger partial charge in [0.25, 0.3) is 0 Å². The number of carbonyl (C=O) groups is 2. The normalized spacial score (nSPS) is 16.6. The zero-order valence-electron chi connectivity index (χ0n) is 17.6. The van der Waals surface area contributed by atoms with E-state index in [0.29, 0.717) is 0 Å². The maximum Gasteiger partial charge on any atom is 0.228 e. The monoisotopic (exact) mass is 417 g/mol. The van der Waals surface area contributed by atoms with Crippen molar-refractivity contribution in [1.82, 2.24) is 15.1 Å². The smallest absolute Gasteiger partial charge is 0.228 e. The number of H-pyrrole nitrogens is 1. The number of carbonyl (C=O) groups excluding carboxylic acids is 2. The zero-order valence-corrected chi connectivity index (χ0v) is 17.6. The molecule has 1 unspecified atom stereocenters. The van der Waals surface area contributed by atoms with Crippen molar-refractivity contribution in [2.45, 2.75) is 26.3 Å². The van der Waals surface area contributed by atoms with Crippen molar-refractivity contribution >= 4 is 23.2 Å². The van der Waals surface area contributed by atoms with Crippen LogP contribution in [0.5, 0.6) is 0 Å². The van der Waals surface area contributed by atoms with Gasteiger partial charge in [0.05, 0.1) is 11.6 Å². The maximum absolute atomic E-state index is 12.8. The predicted molar refractivity (Wildman–Crippen MR) is 121 cm³/mol. The first-order valence-corrected chi connectivity index (χ1v) is 10.6. The van der Waals surface area contributed by atoms with Crippen LogP contribution in [0.3, 0.4) is 0 Å². The van der Waals surface area contributed by atoms with Gasteiger partial charge in [0, 0.05) is 37.6 Å². The number of anilines is 2. The first-order chi connectivity index (χ1) is 15.1. The molecule has 1 aliphatic heterocycles. The van der Waals surface area contributed by atoms with Crippen LogP contribution in [0, 0.1) is 5.92 Å². The molecule has 2 amide bonds. The summed E-state index contributed by atoms with van der Waals surface area (Å²) in [4.78, 5) is 26.3. The fraction of sp³-hybridized carbons (Fsp3) is 0.292. The van der Waals surface area contributed by atoms with Crippen molar-refractivity contribution in [1.29, 1.82) is 0 Å². The van der Waals surface area contributed by atoms with Gasteiger partial charge >= 0.3 is 0 Å². The molecule has 0 spiro atoms. The highest BCUT2D eigenvalue weighted by Gasteiger charge is 2.26. The van der Waals surface area contributed by atoms with Crippen molar-refractivity contribution < 1.29 is 9.59 Å². The molecule has 1 fully saturated rings. The van der Waals surface area contributed by atoms with Crippen LogP contribution in [0.25, 0.3) is 11.3 Å².